The zero-order chi connectivity index (χ0) is 6.20. The van der Waals surface area contributed by atoms with Gasteiger partial charge in [-0.3, -0.25) is 0 Å². The molecule has 1 aliphatic rings. The fourth-order valence-electron chi connectivity index (χ4n) is 0.425. The molecule has 1 heterocycles. The summed E-state index contributed by atoms with van der Waals surface area (Å²) in [5, 5.41) is 0. The predicted octanol–water partition coefficient (Wildman–Crippen LogP) is 1.91. The first-order chi connectivity index (χ1) is 3.61. The zero-order valence-electron chi connectivity index (χ0n) is 4.03. The van der Waals surface area contributed by atoms with E-state index in [1.54, 1.807) is 0 Å². The van der Waals surface area contributed by atoms with E-state index in [0.29, 0.717) is 0 Å². The minimum absolute atomic E-state index is 0.267. The van der Waals surface area contributed by atoms with Crippen LogP contribution in [0.1, 0.15) is 0 Å². The van der Waals surface area contributed by atoms with Gasteiger partial charge in [0, 0.05) is 11.5 Å². The number of hydrogen-bond acceptors (Lipinski definition) is 1. The number of alkyl halides is 3. The molecule has 0 atom stereocenters. The van der Waals surface area contributed by atoms with E-state index in [1.807, 2.05) is 0 Å². The first-order valence-electron chi connectivity index (χ1n) is 2.25. The minimum atomic E-state index is -3.93. The highest BCUT2D eigenvalue weighted by Gasteiger charge is 2.43. The molecular weight excluding hydrogens is 137 g/mol. The molecule has 0 bridgehead atoms. The fourth-order valence-corrected chi connectivity index (χ4v) is 1.27. The van der Waals surface area contributed by atoms with Crippen LogP contribution >= 0.6 is 11.8 Å². The third-order valence-corrected chi connectivity index (χ3v) is 2.38. The van der Waals surface area contributed by atoms with Crippen molar-refractivity contribution in [1.29, 1.82) is 0 Å². The Labute approximate surface area is 49.4 Å². The van der Waals surface area contributed by atoms with E-state index in [0.717, 1.165) is 0 Å². The molecule has 0 saturated carbocycles. The Balaban J connectivity index is 2.34. The van der Waals surface area contributed by atoms with Crippen LogP contribution in [-0.2, 0) is 0 Å². The third kappa shape index (κ3) is 1.10. The summed E-state index contributed by atoms with van der Waals surface area (Å²) in [7, 11) is 0. The lowest BCUT2D eigenvalue weighted by atomic mass is 10.2. The Morgan fingerprint density at radius 3 is 1.75 bits per heavy atom. The van der Waals surface area contributed by atoms with Crippen LogP contribution in [0.15, 0.2) is 0 Å². The normalized spacial score (nSPS) is 22.9. The van der Waals surface area contributed by atoms with Gasteiger partial charge in [0.2, 0.25) is 0 Å². The summed E-state index contributed by atoms with van der Waals surface area (Å²) in [6.07, 6.45) is -3.93. The Bertz CT molecular complexity index is 83.8. The second kappa shape index (κ2) is 1.83. The summed E-state index contributed by atoms with van der Waals surface area (Å²) < 4.78 is 34.5. The average molecular weight is 142 g/mol. The Morgan fingerprint density at radius 2 is 1.75 bits per heavy atom. The van der Waals surface area contributed by atoms with Crippen LogP contribution in [0.25, 0.3) is 0 Å². The highest BCUT2D eigenvalue weighted by Crippen LogP contribution is 2.38. The monoisotopic (exact) mass is 142 g/mol. The van der Waals surface area contributed by atoms with Crippen LogP contribution in [0, 0.1) is 5.92 Å². The molecule has 1 rings (SSSR count). The molecule has 0 aromatic carbocycles. The van der Waals surface area contributed by atoms with Gasteiger partial charge in [0.25, 0.3) is 0 Å². The number of thioether (sulfide) groups is 1. The van der Waals surface area contributed by atoms with Gasteiger partial charge in [-0.25, -0.2) is 0 Å². The number of hydrogen-bond donors (Lipinski definition) is 0. The van der Waals surface area contributed by atoms with Gasteiger partial charge in [0.1, 0.15) is 0 Å². The molecule has 0 aromatic rings. The van der Waals surface area contributed by atoms with E-state index in [1.165, 1.54) is 11.8 Å². The molecule has 0 spiro atoms. The maximum atomic E-state index is 11.5. The molecule has 0 amide bonds. The topological polar surface area (TPSA) is 0 Å². The van der Waals surface area contributed by atoms with E-state index >= 15 is 0 Å². The molecule has 0 aliphatic carbocycles. The van der Waals surface area contributed by atoms with Crippen LogP contribution < -0.4 is 0 Å². The van der Waals surface area contributed by atoms with Gasteiger partial charge in [-0.1, -0.05) is 0 Å². The molecule has 4 heteroatoms. The Morgan fingerprint density at radius 1 is 1.25 bits per heavy atom. The SMILES string of the molecule is FC(F)(F)C1CSC1. The minimum Gasteiger partial charge on any atom is -0.171 e. The molecule has 0 radical (unpaired) electrons. The van der Waals surface area contributed by atoms with Crippen molar-refractivity contribution < 1.29 is 13.2 Å². The van der Waals surface area contributed by atoms with Gasteiger partial charge in [0.15, 0.2) is 0 Å². The summed E-state index contributed by atoms with van der Waals surface area (Å²) in [6.45, 7) is 0. The van der Waals surface area contributed by atoms with Gasteiger partial charge in [0.05, 0.1) is 5.92 Å². The van der Waals surface area contributed by atoms with E-state index in [9.17, 15) is 13.2 Å². The summed E-state index contributed by atoms with van der Waals surface area (Å²) in [5.41, 5.74) is 0. The molecule has 0 aromatic heterocycles. The van der Waals surface area contributed by atoms with Crippen molar-refractivity contribution in [2.24, 2.45) is 5.92 Å². The van der Waals surface area contributed by atoms with Crippen LogP contribution in [0.3, 0.4) is 0 Å². The molecule has 48 valence electrons. The summed E-state index contributed by atoms with van der Waals surface area (Å²) in [4.78, 5) is 0. The summed E-state index contributed by atoms with van der Waals surface area (Å²) >= 11 is 1.35. The van der Waals surface area contributed by atoms with Gasteiger partial charge in [-0.2, -0.15) is 24.9 Å². The largest absolute Gasteiger partial charge is 0.393 e. The van der Waals surface area contributed by atoms with Crippen molar-refractivity contribution in [3.05, 3.63) is 0 Å². The van der Waals surface area contributed by atoms with Gasteiger partial charge < -0.3 is 0 Å². The maximum absolute atomic E-state index is 11.5. The zero-order valence-corrected chi connectivity index (χ0v) is 4.85. The highest BCUT2D eigenvalue weighted by atomic mass is 32.2. The number of rotatable bonds is 0. The van der Waals surface area contributed by atoms with Crippen molar-refractivity contribution in [1.82, 2.24) is 0 Å². The van der Waals surface area contributed by atoms with Gasteiger partial charge in [-0.05, 0) is 0 Å². The molecule has 0 nitrogen and oxygen atoms in total. The van der Waals surface area contributed by atoms with E-state index < -0.39 is 12.1 Å². The smallest absolute Gasteiger partial charge is 0.171 e. The quantitative estimate of drug-likeness (QED) is 0.498. The van der Waals surface area contributed by atoms with Gasteiger partial charge in [-0.15, -0.1) is 0 Å². The first kappa shape index (κ1) is 6.26. The van der Waals surface area contributed by atoms with E-state index in [4.69, 9.17) is 0 Å². The second-order valence-corrected chi connectivity index (χ2v) is 2.85. The Hall–Kier alpha value is 0.140. The van der Waals surface area contributed by atoms with E-state index in [2.05, 4.69) is 0 Å². The first-order valence-corrected chi connectivity index (χ1v) is 3.40. The molecule has 1 aliphatic heterocycles. The highest BCUT2D eigenvalue weighted by molar-refractivity contribution is 8.00. The van der Waals surface area contributed by atoms with E-state index in [-0.39, 0.29) is 11.5 Å². The van der Waals surface area contributed by atoms with Crippen LogP contribution in [0.5, 0.6) is 0 Å². The second-order valence-electron chi connectivity index (χ2n) is 1.78. The van der Waals surface area contributed by atoms with Crippen molar-refractivity contribution in [2.45, 2.75) is 6.18 Å². The van der Waals surface area contributed by atoms with Crippen LogP contribution in [-0.4, -0.2) is 17.7 Å². The summed E-state index contributed by atoms with van der Waals surface area (Å²) in [6, 6.07) is 0. The molecular formula is C4H5F3S. The lowest BCUT2D eigenvalue weighted by Crippen LogP contribution is -2.33. The molecule has 8 heavy (non-hydrogen) atoms. The lowest BCUT2D eigenvalue weighted by Gasteiger charge is -2.26. The molecule has 1 fully saturated rings. The molecule has 0 unspecified atom stereocenters. The fraction of sp³-hybridized carbons (Fsp3) is 1.00. The van der Waals surface area contributed by atoms with Crippen LogP contribution in [0.4, 0.5) is 13.2 Å². The van der Waals surface area contributed by atoms with Crippen molar-refractivity contribution >= 4 is 11.8 Å². The van der Waals surface area contributed by atoms with Crippen LogP contribution in [0.2, 0.25) is 0 Å². The predicted molar refractivity (Wildman–Crippen MR) is 26.9 cm³/mol. The lowest BCUT2D eigenvalue weighted by molar-refractivity contribution is -0.164. The van der Waals surface area contributed by atoms with Crippen molar-refractivity contribution in [3.63, 3.8) is 0 Å². The number of halogens is 3. The Kier molecular flexibility index (Phi) is 1.43. The average Bonchev–Trinajstić information content (AvgIpc) is 1.16. The molecule has 0 N–H and O–H groups in total. The molecule has 1 saturated heterocycles. The maximum Gasteiger partial charge on any atom is 0.393 e. The van der Waals surface area contributed by atoms with Crippen molar-refractivity contribution in [2.75, 3.05) is 11.5 Å². The standard InChI is InChI=1S/C4H5F3S/c5-4(6,7)3-1-8-2-3/h3H,1-2H2. The van der Waals surface area contributed by atoms with Crippen molar-refractivity contribution in [3.8, 4) is 0 Å². The third-order valence-electron chi connectivity index (χ3n) is 1.10. The summed E-state index contributed by atoms with van der Waals surface area (Å²) in [5.74, 6) is -0.472. The van der Waals surface area contributed by atoms with Gasteiger partial charge >= 0.3 is 6.18 Å².